The number of benzene rings is 4. The number of carbonyl (C=O) groups excluding carboxylic acids is 2. The van der Waals surface area contributed by atoms with E-state index >= 15 is 0 Å². The normalized spacial score (nSPS) is 18.7. The lowest BCUT2D eigenvalue weighted by Crippen LogP contribution is -2.64. The van der Waals surface area contributed by atoms with Gasteiger partial charge in [0.05, 0.1) is 23.7 Å². The Balaban J connectivity index is 1.47. The van der Waals surface area contributed by atoms with Crippen molar-refractivity contribution in [2.24, 2.45) is 23.7 Å². The highest BCUT2D eigenvalue weighted by Crippen LogP contribution is 2.49. The van der Waals surface area contributed by atoms with E-state index in [0.29, 0.717) is 10.0 Å². The average molecular weight is 660 g/mol. The fraction of sp³-hybridized carbons (Fsp3) is 0.222. The van der Waals surface area contributed by atoms with Crippen LogP contribution in [0.5, 0.6) is 0 Å². The minimum Gasteiger partial charge on any atom is -0.481 e. The lowest BCUT2D eigenvalue weighted by atomic mass is 9.55. The van der Waals surface area contributed by atoms with Crippen molar-refractivity contribution in [1.82, 2.24) is 9.80 Å². The van der Waals surface area contributed by atoms with Crippen LogP contribution in [0, 0.1) is 23.7 Å². The Morgan fingerprint density at radius 3 is 1.02 bits per heavy atom. The second-order valence-corrected chi connectivity index (χ2v) is 12.3. The summed E-state index contributed by atoms with van der Waals surface area (Å²) in [6.07, 6.45) is 0. The summed E-state index contributed by atoms with van der Waals surface area (Å²) in [6.45, 7) is 0.421. The fourth-order valence-electron chi connectivity index (χ4n) is 6.05. The molecule has 0 saturated heterocycles. The molecule has 10 heteroatoms. The molecule has 1 aliphatic carbocycles. The van der Waals surface area contributed by atoms with Gasteiger partial charge in [-0.15, -0.1) is 0 Å². The molecule has 4 aromatic carbocycles. The smallest absolute Gasteiger partial charge is 0.308 e. The number of rotatable bonds is 12. The van der Waals surface area contributed by atoms with Crippen molar-refractivity contribution < 1.29 is 29.4 Å². The Morgan fingerprint density at radius 1 is 0.457 bits per heavy atom. The van der Waals surface area contributed by atoms with Gasteiger partial charge >= 0.3 is 11.9 Å². The van der Waals surface area contributed by atoms with Gasteiger partial charge in [-0.3, -0.25) is 19.2 Å². The quantitative estimate of drug-likeness (QED) is 0.182. The number of hydrogen-bond donors (Lipinski definition) is 2. The molecule has 236 valence electrons. The van der Waals surface area contributed by atoms with Gasteiger partial charge in [-0.1, -0.05) is 108 Å². The van der Waals surface area contributed by atoms with E-state index in [0.717, 1.165) is 22.3 Å². The molecule has 1 saturated carbocycles. The molecule has 8 nitrogen and oxygen atoms in total. The van der Waals surface area contributed by atoms with E-state index in [2.05, 4.69) is 0 Å². The van der Waals surface area contributed by atoms with Crippen LogP contribution in [-0.4, -0.2) is 43.8 Å². The number of carboxylic acid groups (broad SMARTS) is 2. The highest BCUT2D eigenvalue weighted by Gasteiger charge is 2.64. The second-order valence-electron chi connectivity index (χ2n) is 11.4. The predicted molar refractivity (Wildman–Crippen MR) is 174 cm³/mol. The Kier molecular flexibility index (Phi) is 10.4. The van der Waals surface area contributed by atoms with Gasteiger partial charge in [0.15, 0.2) is 0 Å². The molecule has 0 aromatic heterocycles. The summed E-state index contributed by atoms with van der Waals surface area (Å²) in [5.74, 6) is -10.0. The minimum absolute atomic E-state index is 0.0926. The lowest BCUT2D eigenvalue weighted by molar-refractivity contribution is -0.188. The molecule has 0 unspecified atom stereocenters. The maximum atomic E-state index is 14.2. The van der Waals surface area contributed by atoms with Crippen LogP contribution in [0.3, 0.4) is 0 Å². The molecule has 0 aliphatic heterocycles. The third kappa shape index (κ3) is 7.58. The minimum atomic E-state index is -1.53. The summed E-state index contributed by atoms with van der Waals surface area (Å²) in [5.41, 5.74) is 3.03. The van der Waals surface area contributed by atoms with Crippen LogP contribution in [0.1, 0.15) is 22.3 Å². The molecule has 0 atom stereocenters. The van der Waals surface area contributed by atoms with Gasteiger partial charge in [0.1, 0.15) is 0 Å². The zero-order valence-electron chi connectivity index (χ0n) is 24.7. The van der Waals surface area contributed by atoms with Gasteiger partial charge in [0.2, 0.25) is 11.8 Å². The Hall–Kier alpha value is -4.66. The van der Waals surface area contributed by atoms with Gasteiger partial charge in [-0.05, 0) is 46.5 Å². The number of nitrogens with zero attached hydrogens (tertiary/aromatic N) is 2. The maximum Gasteiger partial charge on any atom is 0.308 e. The first-order chi connectivity index (χ1) is 22.1. The van der Waals surface area contributed by atoms with Crippen LogP contribution in [0.25, 0.3) is 0 Å². The van der Waals surface area contributed by atoms with Crippen LogP contribution in [0.15, 0.2) is 109 Å². The first-order valence-corrected chi connectivity index (χ1v) is 15.5. The summed E-state index contributed by atoms with van der Waals surface area (Å²) < 4.78 is 0. The highest BCUT2D eigenvalue weighted by molar-refractivity contribution is 6.30. The van der Waals surface area contributed by atoms with E-state index in [1.54, 1.807) is 48.5 Å². The molecular formula is C36H32Cl2N2O6. The summed E-state index contributed by atoms with van der Waals surface area (Å²) in [7, 11) is 0. The first-order valence-electron chi connectivity index (χ1n) is 14.7. The molecule has 0 radical (unpaired) electrons. The summed E-state index contributed by atoms with van der Waals surface area (Å²) in [6, 6.07) is 32.0. The van der Waals surface area contributed by atoms with E-state index in [4.69, 9.17) is 23.2 Å². The molecule has 4 aromatic rings. The van der Waals surface area contributed by atoms with Gasteiger partial charge in [-0.2, -0.15) is 0 Å². The average Bonchev–Trinajstić information content (AvgIpc) is 3.02. The summed E-state index contributed by atoms with van der Waals surface area (Å²) in [5, 5.41) is 21.8. The second kappa shape index (κ2) is 14.6. The van der Waals surface area contributed by atoms with E-state index in [1.807, 2.05) is 60.7 Å². The van der Waals surface area contributed by atoms with Crippen molar-refractivity contribution in [2.45, 2.75) is 26.2 Å². The van der Waals surface area contributed by atoms with Crippen LogP contribution < -0.4 is 0 Å². The molecule has 0 bridgehead atoms. The SMILES string of the molecule is O=C(O)C1C(C(=O)N(Cc2ccccc2)Cc2ccc(Cl)cc2)C(C(=O)O)C1C(=O)N(Cc1ccccc1)Cc1ccc(Cl)cc1. The lowest BCUT2D eigenvalue weighted by Gasteiger charge is -2.48. The Morgan fingerprint density at radius 2 is 0.739 bits per heavy atom. The Labute approximate surface area is 276 Å². The zero-order valence-corrected chi connectivity index (χ0v) is 26.2. The summed E-state index contributed by atoms with van der Waals surface area (Å²) >= 11 is 12.1. The molecule has 1 fully saturated rings. The third-order valence-electron chi connectivity index (χ3n) is 8.32. The van der Waals surface area contributed by atoms with Gasteiger partial charge in [-0.25, -0.2) is 0 Å². The van der Waals surface area contributed by atoms with Crippen LogP contribution >= 0.6 is 23.2 Å². The van der Waals surface area contributed by atoms with Crippen molar-refractivity contribution in [3.05, 3.63) is 141 Å². The van der Waals surface area contributed by atoms with Crippen LogP contribution in [0.2, 0.25) is 10.0 Å². The van der Waals surface area contributed by atoms with Crippen LogP contribution in [-0.2, 0) is 45.4 Å². The highest BCUT2D eigenvalue weighted by atomic mass is 35.5. The first kappa shape index (κ1) is 32.7. The molecule has 46 heavy (non-hydrogen) atoms. The fourth-order valence-corrected chi connectivity index (χ4v) is 6.30. The number of halogens is 2. The molecule has 2 N–H and O–H groups in total. The van der Waals surface area contributed by atoms with E-state index in [-0.39, 0.29) is 26.2 Å². The molecular weight excluding hydrogens is 627 g/mol. The molecule has 1 aliphatic rings. The van der Waals surface area contributed by atoms with E-state index in [9.17, 15) is 29.4 Å². The van der Waals surface area contributed by atoms with Crippen molar-refractivity contribution in [2.75, 3.05) is 0 Å². The molecule has 5 rings (SSSR count). The molecule has 0 heterocycles. The Bertz CT molecular complexity index is 1550. The zero-order chi connectivity index (χ0) is 32.8. The molecule has 0 spiro atoms. The monoisotopic (exact) mass is 658 g/mol. The summed E-state index contributed by atoms with van der Waals surface area (Å²) in [4.78, 5) is 56.9. The molecule has 2 amide bonds. The van der Waals surface area contributed by atoms with Crippen molar-refractivity contribution >= 4 is 47.0 Å². The third-order valence-corrected chi connectivity index (χ3v) is 8.82. The van der Waals surface area contributed by atoms with Crippen molar-refractivity contribution in [1.29, 1.82) is 0 Å². The van der Waals surface area contributed by atoms with Gasteiger partial charge < -0.3 is 20.0 Å². The van der Waals surface area contributed by atoms with Crippen LogP contribution in [0.4, 0.5) is 0 Å². The number of amides is 2. The number of hydrogen-bond acceptors (Lipinski definition) is 4. The van der Waals surface area contributed by atoms with Gasteiger partial charge in [0, 0.05) is 36.2 Å². The van der Waals surface area contributed by atoms with Gasteiger partial charge in [0.25, 0.3) is 0 Å². The number of carboxylic acids is 2. The number of aliphatic carboxylic acids is 2. The van der Waals surface area contributed by atoms with E-state index < -0.39 is 47.4 Å². The topological polar surface area (TPSA) is 115 Å². The predicted octanol–water partition coefficient (Wildman–Crippen LogP) is 6.40. The van der Waals surface area contributed by atoms with E-state index in [1.165, 1.54) is 9.80 Å². The maximum absolute atomic E-state index is 14.2. The number of carbonyl (C=O) groups is 4. The largest absolute Gasteiger partial charge is 0.481 e. The van der Waals surface area contributed by atoms with Crippen molar-refractivity contribution in [3.8, 4) is 0 Å². The standard InChI is InChI=1S/C36H32Cl2N2O6/c37-27-15-11-25(12-16-27)21-39(19-23-7-3-1-4-8-23)33(41)29-31(35(43)44)30(32(29)36(45)46)34(42)40(20-24-9-5-2-6-10-24)22-26-13-17-28(38)18-14-26/h1-18,29-32H,19-22H2,(H,43,44)(H,45,46). The van der Waals surface area contributed by atoms with Crippen molar-refractivity contribution in [3.63, 3.8) is 0 Å².